The van der Waals surface area contributed by atoms with Gasteiger partial charge < -0.3 is 53.2 Å². The summed E-state index contributed by atoms with van der Waals surface area (Å²) in [7, 11) is -18.3. The molecular weight excluding hydrogens is 1220 g/mol. The maximum Gasteiger partial charge on any atom is 0.472 e. The molecule has 2 heterocycles. The van der Waals surface area contributed by atoms with Crippen LogP contribution in [0.4, 0.5) is 0 Å². The van der Waals surface area contributed by atoms with Crippen LogP contribution < -0.4 is 20.4 Å². The van der Waals surface area contributed by atoms with Crippen molar-refractivity contribution in [3.8, 4) is 0 Å². The topological polar surface area (TPSA) is 404 Å². The molecule has 2 aromatic heterocycles. The zero-order valence-electron chi connectivity index (χ0n) is 50.0. The van der Waals surface area contributed by atoms with Crippen molar-refractivity contribution >= 4 is 50.9 Å². The first-order valence-electron chi connectivity index (χ1n) is 29.7. The molecule has 496 valence electrons. The van der Waals surface area contributed by atoms with Crippen LogP contribution in [-0.4, -0.2) is 137 Å². The average Bonchev–Trinajstić information content (AvgIpc) is 4.13. The van der Waals surface area contributed by atoms with E-state index in [1.54, 1.807) is 0 Å². The van der Waals surface area contributed by atoms with Gasteiger partial charge in [0.15, 0.2) is 0 Å². The number of hydrogen-bond acceptors (Lipinski definition) is 23. The van der Waals surface area contributed by atoms with E-state index in [2.05, 4.69) is 44.8 Å². The molecule has 0 bridgehead atoms. The summed E-state index contributed by atoms with van der Waals surface area (Å²) in [5, 5.41) is 21.9. The summed E-state index contributed by atoms with van der Waals surface area (Å²) in [5.41, 5.74) is 1.63. The number of rotatable bonds is 59. The molecule has 5 unspecified atom stereocenters. The van der Waals surface area contributed by atoms with E-state index in [-0.39, 0.29) is 91.3 Å². The third-order valence-corrected chi connectivity index (χ3v) is 18.0. The third kappa shape index (κ3) is 44.8. The summed E-state index contributed by atoms with van der Waals surface area (Å²) in [5.74, 6) is -0.910. The van der Waals surface area contributed by atoms with E-state index in [4.69, 9.17) is 31.7 Å². The van der Waals surface area contributed by atoms with Crippen LogP contribution in [0.15, 0.2) is 12.4 Å². The number of unbranched alkanes of at least 4 members (excludes halogenated alkanes) is 20. The van der Waals surface area contributed by atoms with Crippen molar-refractivity contribution in [1.82, 2.24) is 40.6 Å². The minimum absolute atomic E-state index is 0.00846. The molecular formula is C50H97N8O22P5-2. The number of phosphoric acid groups is 5. The molecule has 0 aliphatic heterocycles. The molecule has 0 saturated carbocycles. The number of hydrogen-bond donors (Lipinski definition) is 5. The Kier molecular flexibility index (Phi) is 43.4. The number of nitrogens with zero attached hydrogens (tertiary/aromatic N) is 6. The summed E-state index contributed by atoms with van der Waals surface area (Å²) in [6.07, 6.45) is 25.5. The number of nitrogens with one attached hydrogen (secondary N) is 2. The van der Waals surface area contributed by atoms with Gasteiger partial charge >= 0.3 is 23.5 Å². The van der Waals surface area contributed by atoms with Crippen molar-refractivity contribution < 1.29 is 102 Å². The van der Waals surface area contributed by atoms with Crippen LogP contribution in [0.1, 0.15) is 191 Å². The van der Waals surface area contributed by atoms with Gasteiger partial charge in [-0.2, -0.15) is 0 Å². The molecule has 5 N–H and O–H groups in total. The number of phosphoric ester groups is 5. The number of carbonyl (C=O) groups is 2. The Balaban J connectivity index is 1.47. The second-order valence-electron chi connectivity index (χ2n) is 20.3. The molecule has 0 aliphatic carbocycles. The van der Waals surface area contributed by atoms with Crippen LogP contribution in [0.2, 0.25) is 0 Å². The predicted octanol–water partition coefficient (Wildman–Crippen LogP) is 8.47. The zero-order valence-corrected chi connectivity index (χ0v) is 54.5. The van der Waals surface area contributed by atoms with Gasteiger partial charge in [-0.25, -0.2) is 13.7 Å². The molecule has 30 nitrogen and oxygen atoms in total. The lowest BCUT2D eigenvalue weighted by Crippen LogP contribution is -2.41. The Morgan fingerprint density at radius 1 is 0.447 bits per heavy atom. The largest absolute Gasteiger partial charge is 0.756 e. The Labute approximate surface area is 501 Å². The quantitative estimate of drug-likeness (QED) is 0.0306. The van der Waals surface area contributed by atoms with Crippen LogP contribution in [0.25, 0.3) is 0 Å². The fourth-order valence-electron chi connectivity index (χ4n) is 8.21. The lowest BCUT2D eigenvalue weighted by molar-refractivity contribution is -0.224. The molecule has 2 rings (SSSR count). The van der Waals surface area contributed by atoms with Crippen LogP contribution >= 0.6 is 39.1 Å². The summed E-state index contributed by atoms with van der Waals surface area (Å²) in [6, 6.07) is 0. The first kappa shape index (κ1) is 78.9. The maximum absolute atomic E-state index is 12.6. The highest BCUT2D eigenvalue weighted by Gasteiger charge is 2.27. The van der Waals surface area contributed by atoms with Gasteiger partial charge in [-0.15, -0.1) is 10.2 Å². The minimum Gasteiger partial charge on any atom is -0.756 e. The molecule has 0 aliphatic rings. The SMILES string of the molecule is COP(=O)([O-])OCCCCCCCCCCCn1cc(CCCCOP(=O)(O)OCCCCC(=O)NCC(CNC(=O)CCCCOP(=O)(O)OCCCCc2cn(CCCCCCCCCCCOP(=O)([O-])OC)nn2)OP(=O)(O)OC)nn1. The molecule has 0 saturated heterocycles. The minimum atomic E-state index is -4.52. The average molecular weight is 1320 g/mol. The standard InChI is InChI=1S/C50H99N8O22P5/c1-71-81(61,62)74-36-24-16-12-8-4-6-10-14-22-34-57-44-46(53-55-57)30-18-26-38-76-84(67,68)78-40-28-20-32-49(59)51-42-48(80-83(65,66)73-3)43-52-50(60)33-21-29-41-79-85(69,70)77-39-27-19-31-47-45-58(56-54-47)35-23-15-11-7-5-9-13-17-25-37-75-82(63,64)72-2/h44-45,48H,4-43H2,1-3H3,(H,51,59)(H,52,60)(H,61,62)(H,63,64)(H,65,66)(H,67,68)(H,69,70)/p-2. The molecule has 0 spiro atoms. The van der Waals surface area contributed by atoms with Crippen molar-refractivity contribution in [2.24, 2.45) is 0 Å². The van der Waals surface area contributed by atoms with Crippen LogP contribution in [0, 0.1) is 0 Å². The summed E-state index contributed by atoms with van der Waals surface area (Å²) >= 11 is 0. The molecule has 0 radical (unpaired) electrons. The highest BCUT2D eigenvalue weighted by molar-refractivity contribution is 7.48. The summed E-state index contributed by atoms with van der Waals surface area (Å²) < 4.78 is 111. The van der Waals surface area contributed by atoms with Gasteiger partial charge in [0.25, 0.3) is 15.6 Å². The Bertz CT molecular complexity index is 2180. The van der Waals surface area contributed by atoms with E-state index in [0.717, 1.165) is 149 Å². The number of carbonyl (C=O) groups excluding carboxylic acids is 2. The molecule has 35 heteroatoms. The summed E-state index contributed by atoms with van der Waals surface area (Å²) in [4.78, 5) is 77.5. The van der Waals surface area contributed by atoms with Crippen LogP contribution in [0.3, 0.4) is 0 Å². The van der Waals surface area contributed by atoms with Gasteiger partial charge in [-0.05, 0) is 89.9 Å². The van der Waals surface area contributed by atoms with E-state index in [1.165, 1.54) is 0 Å². The van der Waals surface area contributed by atoms with Gasteiger partial charge in [0.1, 0.15) is 6.10 Å². The van der Waals surface area contributed by atoms with Gasteiger partial charge in [-0.1, -0.05) is 100 Å². The third-order valence-electron chi connectivity index (χ3n) is 13.0. The van der Waals surface area contributed by atoms with E-state index < -0.39 is 57.0 Å². The van der Waals surface area contributed by atoms with Crippen molar-refractivity contribution in [2.45, 2.75) is 212 Å². The Morgan fingerprint density at radius 2 is 0.753 bits per heavy atom. The summed E-state index contributed by atoms with van der Waals surface area (Å²) in [6.45, 7) is 0.977. The Morgan fingerprint density at radius 3 is 1.09 bits per heavy atom. The monoisotopic (exact) mass is 1320 g/mol. The fourth-order valence-corrected chi connectivity index (χ4v) is 11.3. The second kappa shape index (κ2) is 46.8. The van der Waals surface area contributed by atoms with Crippen molar-refractivity contribution in [3.05, 3.63) is 23.8 Å². The van der Waals surface area contributed by atoms with Gasteiger partial charge in [0.2, 0.25) is 11.8 Å². The van der Waals surface area contributed by atoms with Crippen LogP contribution in [0.5, 0.6) is 0 Å². The van der Waals surface area contributed by atoms with Crippen molar-refractivity contribution in [1.29, 1.82) is 0 Å². The first-order valence-corrected chi connectivity index (χ1v) is 37.1. The van der Waals surface area contributed by atoms with Crippen LogP contribution in [-0.2, 0) is 104 Å². The lowest BCUT2D eigenvalue weighted by Gasteiger charge is -2.21. The highest BCUT2D eigenvalue weighted by Crippen LogP contribution is 2.45. The van der Waals surface area contributed by atoms with Crippen molar-refractivity contribution in [2.75, 3.05) is 74.1 Å². The van der Waals surface area contributed by atoms with Gasteiger partial charge in [-0.3, -0.25) is 55.2 Å². The Hall–Kier alpha value is -2.23. The fraction of sp³-hybridized carbons (Fsp3) is 0.880. The number of aryl methyl sites for hydroxylation is 4. The van der Waals surface area contributed by atoms with E-state index in [1.807, 2.05) is 21.8 Å². The lowest BCUT2D eigenvalue weighted by atomic mass is 10.1. The highest BCUT2D eigenvalue weighted by atomic mass is 31.2. The molecule has 0 aromatic carbocycles. The molecule has 5 atom stereocenters. The van der Waals surface area contributed by atoms with E-state index >= 15 is 0 Å². The maximum atomic E-state index is 12.6. The smallest absolute Gasteiger partial charge is 0.472 e. The number of aromatic nitrogens is 6. The molecule has 85 heavy (non-hydrogen) atoms. The normalized spacial score (nSPS) is 15.8. The first-order chi connectivity index (χ1) is 40.6. The zero-order chi connectivity index (χ0) is 62.6. The predicted molar refractivity (Wildman–Crippen MR) is 309 cm³/mol. The van der Waals surface area contributed by atoms with E-state index in [0.29, 0.717) is 51.4 Å². The van der Waals surface area contributed by atoms with Crippen molar-refractivity contribution in [3.63, 3.8) is 0 Å². The molecule has 2 amide bonds. The second-order valence-corrected chi connectivity index (χ2v) is 27.8. The molecule has 0 fully saturated rings. The van der Waals surface area contributed by atoms with E-state index in [9.17, 15) is 56.9 Å². The molecule has 2 aromatic rings. The number of amides is 2. The van der Waals surface area contributed by atoms with Gasteiger partial charge in [0.05, 0.1) is 51.0 Å². The van der Waals surface area contributed by atoms with Gasteiger partial charge in [0, 0.05) is 72.7 Å².